The quantitative estimate of drug-likeness (QED) is 0.439. The molecule has 0 radical (unpaired) electrons. The van der Waals surface area contributed by atoms with Gasteiger partial charge in [-0.05, 0) is 25.7 Å². The van der Waals surface area contributed by atoms with Gasteiger partial charge < -0.3 is 19.8 Å². The van der Waals surface area contributed by atoms with Gasteiger partial charge >= 0.3 is 23.1 Å². The maximum atomic E-state index is 10.8. The van der Waals surface area contributed by atoms with Crippen LogP contribution in [0.15, 0.2) is 0 Å². The fourth-order valence-electron chi connectivity index (χ4n) is 2.10. The molecule has 0 spiro atoms. The van der Waals surface area contributed by atoms with Crippen molar-refractivity contribution in [2.24, 2.45) is 11.3 Å². The summed E-state index contributed by atoms with van der Waals surface area (Å²) < 4.78 is 0. The maximum absolute atomic E-state index is 10.8. The van der Waals surface area contributed by atoms with Crippen LogP contribution in [-0.2, 0) is 9.59 Å². The number of carbonyl (C=O) groups excluding carboxylic acids is 2. The van der Waals surface area contributed by atoms with Crippen molar-refractivity contribution in [3.8, 4) is 0 Å². The zero-order valence-electron chi connectivity index (χ0n) is 8.95. The van der Waals surface area contributed by atoms with E-state index in [1.165, 1.54) is 6.92 Å². The Morgan fingerprint density at radius 2 is 1.47 bits per heavy atom. The molecule has 0 aliphatic heterocycles. The van der Waals surface area contributed by atoms with Crippen molar-refractivity contribution in [3.63, 3.8) is 0 Å². The zero-order valence-corrected chi connectivity index (χ0v) is 10.4. The zero-order chi connectivity index (χ0) is 10.8. The van der Waals surface area contributed by atoms with E-state index in [0.29, 0.717) is 12.8 Å². The Morgan fingerprint density at radius 3 is 1.80 bits per heavy atom. The van der Waals surface area contributed by atoms with E-state index in [9.17, 15) is 19.8 Å². The number of hydrogen-bond acceptors (Lipinski definition) is 4. The summed E-state index contributed by atoms with van der Waals surface area (Å²) in [4.78, 5) is 21.7. The van der Waals surface area contributed by atoms with Crippen LogP contribution < -0.4 is 10.2 Å². The Hall–Kier alpha value is -0.294. The summed E-state index contributed by atoms with van der Waals surface area (Å²) in [6.45, 7) is 1.20. The molecule has 0 heterocycles. The van der Waals surface area contributed by atoms with Crippen molar-refractivity contribution in [3.05, 3.63) is 0 Å². The molecule has 5 heteroatoms. The van der Waals surface area contributed by atoms with Crippen LogP contribution in [0.25, 0.3) is 0 Å². The van der Waals surface area contributed by atoms with Crippen LogP contribution in [0.3, 0.4) is 0 Å². The third kappa shape index (κ3) is 2.84. The van der Waals surface area contributed by atoms with Crippen molar-refractivity contribution in [1.29, 1.82) is 0 Å². The predicted molar refractivity (Wildman–Crippen MR) is 50.5 cm³/mol. The fourth-order valence-corrected chi connectivity index (χ4v) is 2.10. The minimum atomic E-state index is -1.82. The summed E-state index contributed by atoms with van der Waals surface area (Å²) in [5.74, 6) is -3.39. The molecule has 1 aliphatic carbocycles. The van der Waals surface area contributed by atoms with E-state index in [4.69, 9.17) is 0 Å². The van der Waals surface area contributed by atoms with Gasteiger partial charge in [0.1, 0.15) is 0 Å². The number of carboxylic acids is 2. The number of carboxylic acid groups (broad SMARTS) is 2. The molecule has 0 atom stereocenters. The normalized spacial score (nSPS) is 17.9. The number of carbonyl (C=O) groups is 2. The predicted octanol–water partition coefficient (Wildman–Crippen LogP) is -1.31. The Kier molecular flexibility index (Phi) is 5.59. The van der Waals surface area contributed by atoms with Gasteiger partial charge in [-0.15, -0.1) is 0 Å². The van der Waals surface area contributed by atoms with Crippen LogP contribution in [0.1, 0.15) is 39.0 Å². The Morgan fingerprint density at radius 1 is 1.07 bits per heavy atom. The van der Waals surface area contributed by atoms with E-state index in [0.717, 1.165) is 19.3 Å². The van der Waals surface area contributed by atoms with Crippen LogP contribution in [-0.4, -0.2) is 35.0 Å². The number of rotatable bonds is 3. The maximum Gasteiger partial charge on any atom is 2.00 e. The molecule has 0 amide bonds. The van der Waals surface area contributed by atoms with Gasteiger partial charge in [0.25, 0.3) is 0 Å². The second kappa shape index (κ2) is 5.70. The minimum Gasteiger partial charge on any atom is -0.549 e. The fraction of sp³-hybridized carbons (Fsp3) is 0.800. The van der Waals surface area contributed by atoms with Crippen LogP contribution in [0.4, 0.5) is 0 Å². The Balaban J connectivity index is 0.00000196. The van der Waals surface area contributed by atoms with Crippen molar-refractivity contribution in [1.82, 2.24) is 0 Å². The third-order valence-corrected chi connectivity index (χ3v) is 3.27. The van der Waals surface area contributed by atoms with Crippen LogP contribution >= 0.6 is 0 Å². The van der Waals surface area contributed by atoms with Crippen molar-refractivity contribution in [2.45, 2.75) is 39.0 Å². The average molecular weight is 223 g/mol. The SMILES string of the molecule is CC(C(=O)[O-])(C(=O)[O-])C1CCCCC1.[Mg+2]. The van der Waals surface area contributed by atoms with E-state index >= 15 is 0 Å². The molecule has 0 unspecified atom stereocenters. The van der Waals surface area contributed by atoms with E-state index < -0.39 is 17.4 Å². The van der Waals surface area contributed by atoms with Crippen LogP contribution in [0.5, 0.6) is 0 Å². The summed E-state index contributed by atoms with van der Waals surface area (Å²) >= 11 is 0. The molecule has 0 N–H and O–H groups in total. The van der Waals surface area contributed by atoms with Gasteiger partial charge in [0.2, 0.25) is 0 Å². The van der Waals surface area contributed by atoms with Gasteiger partial charge in [0.15, 0.2) is 0 Å². The van der Waals surface area contributed by atoms with E-state index in [1.807, 2.05) is 0 Å². The van der Waals surface area contributed by atoms with E-state index in [1.54, 1.807) is 0 Å². The molecule has 0 aromatic heterocycles. The number of hydrogen-bond donors (Lipinski definition) is 0. The summed E-state index contributed by atoms with van der Waals surface area (Å²) in [5, 5.41) is 21.7. The molecule has 1 aliphatic rings. The van der Waals surface area contributed by atoms with Gasteiger partial charge in [-0.3, -0.25) is 0 Å². The first-order valence-corrected chi connectivity index (χ1v) is 4.92. The van der Waals surface area contributed by atoms with Crippen molar-refractivity contribution >= 4 is 35.0 Å². The molecule has 0 aromatic carbocycles. The molecule has 1 fully saturated rings. The molecule has 0 saturated heterocycles. The topological polar surface area (TPSA) is 80.3 Å². The molecular formula is C10H14MgO4. The molecule has 0 bridgehead atoms. The summed E-state index contributed by atoms with van der Waals surface area (Å²) in [6, 6.07) is 0. The summed E-state index contributed by atoms with van der Waals surface area (Å²) in [5.41, 5.74) is -1.82. The van der Waals surface area contributed by atoms with E-state index in [-0.39, 0.29) is 29.0 Å². The number of aliphatic carboxylic acids is 2. The molecular weight excluding hydrogens is 208 g/mol. The van der Waals surface area contributed by atoms with Gasteiger partial charge in [-0.25, -0.2) is 0 Å². The molecule has 80 valence electrons. The third-order valence-electron chi connectivity index (χ3n) is 3.27. The average Bonchev–Trinajstić information content (AvgIpc) is 2.17. The molecule has 15 heavy (non-hydrogen) atoms. The standard InChI is InChI=1S/C10H16O4.Mg/c1-10(8(11)12,9(13)14)7-5-3-2-4-6-7;/h7H,2-6H2,1H3,(H,11,12)(H,13,14);/q;+2/p-2. The largest absolute Gasteiger partial charge is 2.00 e. The van der Waals surface area contributed by atoms with Crippen LogP contribution in [0.2, 0.25) is 0 Å². The second-order valence-electron chi connectivity index (χ2n) is 4.11. The minimum absolute atomic E-state index is 0. The Labute approximate surface area is 105 Å². The van der Waals surface area contributed by atoms with E-state index in [2.05, 4.69) is 0 Å². The molecule has 1 rings (SSSR count). The first-order valence-electron chi connectivity index (χ1n) is 4.92. The molecule has 0 aromatic rings. The molecule has 4 nitrogen and oxygen atoms in total. The van der Waals surface area contributed by atoms with Gasteiger partial charge in [0, 0.05) is 5.41 Å². The molecule has 1 saturated carbocycles. The van der Waals surface area contributed by atoms with Gasteiger partial charge in [-0.1, -0.05) is 19.3 Å². The van der Waals surface area contributed by atoms with Crippen molar-refractivity contribution < 1.29 is 19.8 Å². The van der Waals surface area contributed by atoms with Gasteiger partial charge in [0.05, 0.1) is 11.9 Å². The first kappa shape index (κ1) is 14.7. The summed E-state index contributed by atoms with van der Waals surface area (Å²) in [7, 11) is 0. The van der Waals surface area contributed by atoms with Crippen LogP contribution in [0, 0.1) is 11.3 Å². The second-order valence-corrected chi connectivity index (χ2v) is 4.11. The van der Waals surface area contributed by atoms with Crippen molar-refractivity contribution in [2.75, 3.05) is 0 Å². The smallest absolute Gasteiger partial charge is 0.549 e. The monoisotopic (exact) mass is 222 g/mol. The first-order chi connectivity index (χ1) is 6.49. The Bertz CT molecular complexity index is 232. The van der Waals surface area contributed by atoms with Gasteiger partial charge in [-0.2, -0.15) is 0 Å². The summed E-state index contributed by atoms with van der Waals surface area (Å²) in [6.07, 6.45) is 4.10.